The monoisotopic (exact) mass is 380 g/mol. The summed E-state index contributed by atoms with van der Waals surface area (Å²) in [5.41, 5.74) is 1.33. The Hall–Kier alpha value is -1.19. The average Bonchev–Trinajstić information content (AvgIpc) is 3.34. The highest BCUT2D eigenvalue weighted by atomic mass is 16.6. The summed E-state index contributed by atoms with van der Waals surface area (Å²) in [4.78, 5) is 12.1. The van der Waals surface area contributed by atoms with Crippen molar-refractivity contribution in [2.24, 2.45) is 46.8 Å². The van der Waals surface area contributed by atoms with Gasteiger partial charge in [-0.2, -0.15) is 0 Å². The number of hydrogen-bond acceptors (Lipinski definition) is 3. The molecule has 1 heterocycles. The van der Waals surface area contributed by atoms with Crippen LogP contribution in [0.4, 0.5) is 0 Å². The van der Waals surface area contributed by atoms with E-state index in [9.17, 15) is 9.90 Å². The predicted molar refractivity (Wildman–Crippen MR) is 107 cm³/mol. The zero-order valence-corrected chi connectivity index (χ0v) is 16.8. The van der Waals surface area contributed by atoms with Crippen LogP contribution in [0.1, 0.15) is 51.9 Å². The summed E-state index contributed by atoms with van der Waals surface area (Å²) in [5.74, 6) is 4.73. The summed E-state index contributed by atoms with van der Waals surface area (Å²) in [5, 5.41) is 10.2. The smallest absolute Gasteiger partial charge is 0.175 e. The van der Waals surface area contributed by atoms with Gasteiger partial charge in [-0.3, -0.25) is 4.79 Å². The molecule has 4 unspecified atom stereocenters. The third-order valence-corrected chi connectivity index (χ3v) is 9.87. The molecule has 0 aromatic carbocycles. The first kappa shape index (κ1) is 17.7. The summed E-state index contributed by atoms with van der Waals surface area (Å²) in [7, 11) is 0. The summed E-state index contributed by atoms with van der Waals surface area (Å²) < 4.78 is 6.36. The molecule has 4 saturated carbocycles. The van der Waals surface area contributed by atoms with Crippen LogP contribution >= 0.6 is 0 Å². The second kappa shape index (κ2) is 5.70. The van der Waals surface area contributed by atoms with E-state index in [4.69, 9.17) is 4.74 Å². The van der Waals surface area contributed by atoms with Crippen molar-refractivity contribution in [2.45, 2.75) is 63.8 Å². The number of ether oxygens (including phenoxy) is 1. The Morgan fingerprint density at radius 2 is 2.21 bits per heavy atom. The van der Waals surface area contributed by atoms with E-state index in [2.05, 4.69) is 25.7 Å². The molecule has 10 atom stereocenters. The average molecular weight is 381 g/mol. The fourth-order valence-electron chi connectivity index (χ4n) is 9.00. The fourth-order valence-corrected chi connectivity index (χ4v) is 9.00. The predicted octanol–water partition coefficient (Wildman–Crippen LogP) is 4.43. The Kier molecular flexibility index (Phi) is 3.59. The summed E-state index contributed by atoms with van der Waals surface area (Å²) in [6.45, 7) is 6.58. The molecule has 3 nitrogen and oxygen atoms in total. The van der Waals surface area contributed by atoms with Crippen LogP contribution in [0, 0.1) is 46.8 Å². The number of rotatable bonds is 2. The van der Waals surface area contributed by atoms with E-state index in [1.54, 1.807) is 0 Å². The molecule has 0 saturated heterocycles. The van der Waals surface area contributed by atoms with Crippen LogP contribution in [0.25, 0.3) is 0 Å². The fraction of sp³-hybridized carbons (Fsp3) is 0.720. The van der Waals surface area contributed by atoms with Crippen LogP contribution in [0.3, 0.4) is 0 Å². The lowest BCUT2D eigenvalue weighted by molar-refractivity contribution is -0.204. The van der Waals surface area contributed by atoms with Gasteiger partial charge in [0.05, 0.1) is 5.60 Å². The van der Waals surface area contributed by atoms with Gasteiger partial charge in [0.2, 0.25) is 0 Å². The van der Waals surface area contributed by atoms with E-state index in [0.29, 0.717) is 41.3 Å². The molecular formula is C25H32O3. The van der Waals surface area contributed by atoms with Gasteiger partial charge in [-0.05, 0) is 92.1 Å². The van der Waals surface area contributed by atoms with Crippen LogP contribution in [0.2, 0.25) is 0 Å². The molecule has 6 aliphatic rings. The van der Waals surface area contributed by atoms with E-state index < -0.39 is 6.29 Å². The molecule has 0 aromatic heterocycles. The number of aliphatic hydroxyl groups excluding tert-OH is 1. The molecule has 150 valence electrons. The Labute approximate surface area is 167 Å². The van der Waals surface area contributed by atoms with Gasteiger partial charge < -0.3 is 9.84 Å². The maximum atomic E-state index is 12.1. The van der Waals surface area contributed by atoms with E-state index in [-0.39, 0.29) is 11.0 Å². The highest BCUT2D eigenvalue weighted by Crippen LogP contribution is 2.79. The highest BCUT2D eigenvalue weighted by Gasteiger charge is 2.78. The minimum Gasteiger partial charge on any atom is -0.365 e. The summed E-state index contributed by atoms with van der Waals surface area (Å²) >= 11 is 0. The molecular weight excluding hydrogens is 348 g/mol. The van der Waals surface area contributed by atoms with Crippen LogP contribution in [0.5, 0.6) is 0 Å². The van der Waals surface area contributed by atoms with Crippen molar-refractivity contribution in [3.63, 3.8) is 0 Å². The lowest BCUT2D eigenvalue weighted by Crippen LogP contribution is -2.57. The lowest BCUT2D eigenvalue weighted by atomic mass is 9.46. The molecule has 0 amide bonds. The van der Waals surface area contributed by atoms with Crippen molar-refractivity contribution in [3.8, 4) is 0 Å². The lowest BCUT2D eigenvalue weighted by Gasteiger charge is -2.60. The Balaban J connectivity index is 1.44. The molecule has 1 spiro atoms. The Morgan fingerprint density at radius 3 is 2.93 bits per heavy atom. The number of ketones is 1. The van der Waals surface area contributed by atoms with Gasteiger partial charge in [0.15, 0.2) is 12.1 Å². The van der Waals surface area contributed by atoms with Gasteiger partial charge in [0.25, 0.3) is 0 Å². The number of carbonyl (C=O) groups excluding carboxylic acids is 1. The van der Waals surface area contributed by atoms with Crippen LogP contribution in [-0.2, 0) is 9.53 Å². The van der Waals surface area contributed by atoms with Gasteiger partial charge >= 0.3 is 0 Å². The maximum Gasteiger partial charge on any atom is 0.175 e. The van der Waals surface area contributed by atoms with Crippen molar-refractivity contribution in [3.05, 3.63) is 36.5 Å². The number of carbonyl (C=O) groups is 1. The van der Waals surface area contributed by atoms with Crippen molar-refractivity contribution < 1.29 is 14.6 Å². The minimum atomic E-state index is -0.735. The highest BCUT2D eigenvalue weighted by molar-refractivity contribution is 5.91. The molecule has 3 heteroatoms. The zero-order chi connectivity index (χ0) is 19.3. The minimum absolute atomic E-state index is 0.155. The molecule has 5 aliphatic carbocycles. The molecule has 4 fully saturated rings. The van der Waals surface area contributed by atoms with Gasteiger partial charge in [-0.25, -0.2) is 0 Å². The topological polar surface area (TPSA) is 46.5 Å². The van der Waals surface area contributed by atoms with Crippen molar-refractivity contribution in [1.29, 1.82) is 0 Å². The van der Waals surface area contributed by atoms with E-state index in [1.807, 2.05) is 12.2 Å². The molecule has 0 bridgehead atoms. The summed E-state index contributed by atoms with van der Waals surface area (Å²) in [6, 6.07) is 0. The number of allylic oxidation sites excluding steroid dienone is 2. The van der Waals surface area contributed by atoms with E-state index >= 15 is 0 Å². The number of fused-ring (bicyclic) bond motifs is 9. The standard InChI is InChI=1S/C25H32O3/c1-3-14-11-15-12-16(26)5-6-17(15)18-7-9-24(4-2)23(22(14)18)19-13-20(19)25(24)10-8-21(27)28-25/h3,8,10,12,14,17-23,27H,1,4-7,9,11,13H2,2H3/t14-,17+,18?,19+,20-,21?,22?,23?,24+,25+/m1/s1. The van der Waals surface area contributed by atoms with E-state index in [0.717, 1.165) is 31.6 Å². The number of aliphatic hydroxyl groups is 1. The second-order valence-corrected chi connectivity index (χ2v) is 10.4. The Morgan fingerprint density at radius 1 is 1.36 bits per heavy atom. The molecule has 1 N–H and O–H groups in total. The maximum absolute atomic E-state index is 12.1. The number of hydrogen-bond donors (Lipinski definition) is 1. The summed E-state index contributed by atoms with van der Waals surface area (Å²) in [6.07, 6.45) is 15.2. The molecule has 0 aromatic rings. The van der Waals surface area contributed by atoms with Crippen molar-refractivity contribution in [2.75, 3.05) is 0 Å². The Bertz CT molecular complexity index is 796. The third kappa shape index (κ3) is 1.96. The first-order valence-corrected chi connectivity index (χ1v) is 11.5. The van der Waals surface area contributed by atoms with Crippen LogP contribution < -0.4 is 0 Å². The SMILES string of the molecule is C=C[C@@H]1CC2=CC(=O)CC[C@@H]2C2CC[C@@]3(CC)C(C21)[C@H]1C[C@H]1[C@@]31C=CC(O)O1. The largest absolute Gasteiger partial charge is 0.365 e. The first-order valence-electron chi connectivity index (χ1n) is 11.5. The second-order valence-electron chi connectivity index (χ2n) is 10.4. The van der Waals surface area contributed by atoms with Gasteiger partial charge in [0.1, 0.15) is 0 Å². The molecule has 28 heavy (non-hydrogen) atoms. The zero-order valence-electron chi connectivity index (χ0n) is 16.8. The van der Waals surface area contributed by atoms with E-state index in [1.165, 1.54) is 24.8 Å². The quantitative estimate of drug-likeness (QED) is 0.721. The van der Waals surface area contributed by atoms with Crippen LogP contribution in [0.15, 0.2) is 36.5 Å². The van der Waals surface area contributed by atoms with Crippen LogP contribution in [-0.4, -0.2) is 22.8 Å². The molecule has 1 aliphatic heterocycles. The third-order valence-electron chi connectivity index (χ3n) is 9.87. The molecule has 6 rings (SSSR count). The van der Waals surface area contributed by atoms with Crippen molar-refractivity contribution in [1.82, 2.24) is 0 Å². The normalized spacial score (nSPS) is 55.9. The van der Waals surface area contributed by atoms with Crippen molar-refractivity contribution >= 4 is 5.78 Å². The van der Waals surface area contributed by atoms with Gasteiger partial charge in [-0.15, -0.1) is 6.58 Å². The van der Waals surface area contributed by atoms with Gasteiger partial charge in [0, 0.05) is 11.8 Å². The first-order chi connectivity index (χ1) is 13.5. The molecule has 0 radical (unpaired) electrons. The van der Waals surface area contributed by atoms with Gasteiger partial charge in [-0.1, -0.05) is 24.6 Å².